The molecular formula is C18H38. The molecule has 0 aromatic heterocycles. The van der Waals surface area contributed by atoms with Gasteiger partial charge in [-0.1, -0.05) is 105 Å². The van der Waals surface area contributed by atoms with Crippen LogP contribution in [0, 0.1) is 11.8 Å². The lowest BCUT2D eigenvalue weighted by molar-refractivity contribution is 0.413. The van der Waals surface area contributed by atoms with Crippen LogP contribution in [0.1, 0.15) is 105 Å². The Morgan fingerprint density at radius 2 is 1.00 bits per heavy atom. The number of unbranched alkanes of at least 4 members (excludes halogenated alkanes) is 6. The maximum Gasteiger partial charge on any atom is -0.0443 e. The Hall–Kier alpha value is 0. The Balaban J connectivity index is 3.19. The normalized spacial score (nSPS) is 14.7. The second-order valence-electron chi connectivity index (χ2n) is 6.46. The molecule has 0 aromatic rings. The monoisotopic (exact) mass is 254 g/mol. The summed E-state index contributed by atoms with van der Waals surface area (Å²) in [6.45, 7) is 9.45. The minimum Gasteiger partial charge on any atom is -0.0654 e. The molecule has 0 aliphatic rings. The average Bonchev–Trinajstić information content (AvgIpc) is 2.38. The molecule has 2 atom stereocenters. The zero-order valence-electron chi connectivity index (χ0n) is 13.6. The first-order valence-electron chi connectivity index (χ1n) is 8.70. The summed E-state index contributed by atoms with van der Waals surface area (Å²) in [6.07, 6.45) is 17.3. The highest BCUT2D eigenvalue weighted by molar-refractivity contribution is 4.57. The van der Waals surface area contributed by atoms with Gasteiger partial charge in [-0.3, -0.25) is 0 Å². The quantitative estimate of drug-likeness (QED) is 0.311. The van der Waals surface area contributed by atoms with Crippen molar-refractivity contribution in [3.05, 3.63) is 0 Å². The van der Waals surface area contributed by atoms with Crippen LogP contribution in [0.5, 0.6) is 0 Å². The highest BCUT2D eigenvalue weighted by Crippen LogP contribution is 2.19. The summed E-state index contributed by atoms with van der Waals surface area (Å²) in [5.41, 5.74) is 0. The Morgan fingerprint density at radius 3 is 1.56 bits per heavy atom. The molecule has 0 heterocycles. The van der Waals surface area contributed by atoms with E-state index in [1.807, 2.05) is 0 Å². The lowest BCUT2D eigenvalue weighted by Crippen LogP contribution is -1.97. The molecule has 0 nitrogen and oxygen atoms in total. The standard InChI is InChI=1S/C18H38/c1-5-7-8-9-10-11-15-18(4)16-13-12-14-17(3)6-2/h17-18H,5-16H2,1-4H3. The Labute approximate surface area is 117 Å². The third-order valence-corrected chi connectivity index (χ3v) is 4.39. The predicted octanol–water partition coefficient (Wildman–Crippen LogP) is 6.98. The molecule has 0 aliphatic carbocycles. The van der Waals surface area contributed by atoms with Crippen LogP contribution in [0.2, 0.25) is 0 Å². The third-order valence-electron chi connectivity index (χ3n) is 4.39. The van der Waals surface area contributed by atoms with E-state index in [9.17, 15) is 0 Å². The minimum absolute atomic E-state index is 0.943. The van der Waals surface area contributed by atoms with Gasteiger partial charge in [0.05, 0.1) is 0 Å². The predicted molar refractivity (Wildman–Crippen MR) is 85.1 cm³/mol. The van der Waals surface area contributed by atoms with E-state index in [1.54, 1.807) is 0 Å². The summed E-state index contributed by atoms with van der Waals surface area (Å²) in [5.74, 6) is 1.91. The lowest BCUT2D eigenvalue weighted by atomic mass is 9.94. The van der Waals surface area contributed by atoms with Gasteiger partial charge in [-0.2, -0.15) is 0 Å². The van der Waals surface area contributed by atoms with Gasteiger partial charge in [-0.05, 0) is 11.8 Å². The molecular weight excluding hydrogens is 216 g/mol. The van der Waals surface area contributed by atoms with Crippen molar-refractivity contribution in [1.29, 1.82) is 0 Å². The van der Waals surface area contributed by atoms with Crippen molar-refractivity contribution >= 4 is 0 Å². The molecule has 0 spiro atoms. The molecule has 0 saturated heterocycles. The van der Waals surface area contributed by atoms with Gasteiger partial charge >= 0.3 is 0 Å². The van der Waals surface area contributed by atoms with Crippen molar-refractivity contribution in [2.45, 2.75) is 105 Å². The van der Waals surface area contributed by atoms with Crippen LogP contribution >= 0.6 is 0 Å². The van der Waals surface area contributed by atoms with Gasteiger partial charge in [0.15, 0.2) is 0 Å². The summed E-state index contributed by atoms with van der Waals surface area (Å²) in [7, 11) is 0. The Morgan fingerprint density at radius 1 is 0.556 bits per heavy atom. The maximum absolute atomic E-state index is 2.45. The van der Waals surface area contributed by atoms with Crippen LogP contribution < -0.4 is 0 Å². The van der Waals surface area contributed by atoms with Gasteiger partial charge in [-0.15, -0.1) is 0 Å². The fourth-order valence-electron chi connectivity index (χ4n) is 2.61. The van der Waals surface area contributed by atoms with Gasteiger partial charge in [0.25, 0.3) is 0 Å². The van der Waals surface area contributed by atoms with Crippen LogP contribution in [-0.2, 0) is 0 Å². The zero-order valence-corrected chi connectivity index (χ0v) is 13.6. The first kappa shape index (κ1) is 18.0. The molecule has 110 valence electrons. The maximum atomic E-state index is 2.45. The second kappa shape index (κ2) is 13.4. The fraction of sp³-hybridized carbons (Fsp3) is 1.00. The van der Waals surface area contributed by atoms with Crippen molar-refractivity contribution < 1.29 is 0 Å². The van der Waals surface area contributed by atoms with E-state index in [1.165, 1.54) is 77.0 Å². The molecule has 0 aromatic carbocycles. The van der Waals surface area contributed by atoms with Gasteiger partial charge in [0.1, 0.15) is 0 Å². The molecule has 0 aliphatic heterocycles. The van der Waals surface area contributed by atoms with Crippen LogP contribution in [0.25, 0.3) is 0 Å². The van der Waals surface area contributed by atoms with Gasteiger partial charge in [-0.25, -0.2) is 0 Å². The molecule has 18 heavy (non-hydrogen) atoms. The van der Waals surface area contributed by atoms with Crippen molar-refractivity contribution in [3.63, 3.8) is 0 Å². The van der Waals surface area contributed by atoms with Gasteiger partial charge in [0.2, 0.25) is 0 Å². The molecule has 0 radical (unpaired) electrons. The van der Waals surface area contributed by atoms with Crippen molar-refractivity contribution in [2.24, 2.45) is 11.8 Å². The molecule has 0 fully saturated rings. The molecule has 0 saturated carbocycles. The largest absolute Gasteiger partial charge is 0.0654 e. The van der Waals surface area contributed by atoms with Crippen molar-refractivity contribution in [3.8, 4) is 0 Å². The van der Waals surface area contributed by atoms with Crippen LogP contribution in [0.3, 0.4) is 0 Å². The van der Waals surface area contributed by atoms with E-state index < -0.39 is 0 Å². The zero-order chi connectivity index (χ0) is 13.6. The summed E-state index contributed by atoms with van der Waals surface area (Å²) in [6, 6.07) is 0. The highest BCUT2D eigenvalue weighted by atomic mass is 14.1. The molecule has 2 unspecified atom stereocenters. The van der Waals surface area contributed by atoms with E-state index in [0.29, 0.717) is 0 Å². The minimum atomic E-state index is 0.943. The van der Waals surface area contributed by atoms with Crippen LogP contribution in [0.4, 0.5) is 0 Å². The van der Waals surface area contributed by atoms with Crippen LogP contribution in [0.15, 0.2) is 0 Å². The molecule has 0 amide bonds. The van der Waals surface area contributed by atoms with E-state index in [2.05, 4.69) is 27.7 Å². The summed E-state index contributed by atoms with van der Waals surface area (Å²) in [5, 5.41) is 0. The fourth-order valence-corrected chi connectivity index (χ4v) is 2.61. The highest BCUT2D eigenvalue weighted by Gasteiger charge is 2.03. The first-order chi connectivity index (χ1) is 8.70. The first-order valence-corrected chi connectivity index (χ1v) is 8.70. The Bertz CT molecular complexity index is 150. The molecule has 0 heteroatoms. The molecule has 0 bridgehead atoms. The van der Waals surface area contributed by atoms with E-state index in [0.717, 1.165) is 11.8 Å². The SMILES string of the molecule is CCCCCCCCC(C)CCCCC(C)CC. The summed E-state index contributed by atoms with van der Waals surface area (Å²) >= 11 is 0. The van der Waals surface area contributed by atoms with E-state index in [4.69, 9.17) is 0 Å². The Kier molecular flexibility index (Phi) is 13.4. The third kappa shape index (κ3) is 12.5. The number of hydrogen-bond donors (Lipinski definition) is 0. The average molecular weight is 255 g/mol. The number of hydrogen-bond acceptors (Lipinski definition) is 0. The molecule has 0 rings (SSSR count). The van der Waals surface area contributed by atoms with Crippen LogP contribution in [-0.4, -0.2) is 0 Å². The molecule has 0 N–H and O–H groups in total. The lowest BCUT2D eigenvalue weighted by Gasteiger charge is -2.12. The summed E-state index contributed by atoms with van der Waals surface area (Å²) < 4.78 is 0. The van der Waals surface area contributed by atoms with E-state index >= 15 is 0 Å². The smallest absolute Gasteiger partial charge is 0.0443 e. The van der Waals surface area contributed by atoms with Gasteiger partial charge in [0, 0.05) is 0 Å². The summed E-state index contributed by atoms with van der Waals surface area (Å²) in [4.78, 5) is 0. The van der Waals surface area contributed by atoms with E-state index in [-0.39, 0.29) is 0 Å². The van der Waals surface area contributed by atoms with Crippen molar-refractivity contribution in [1.82, 2.24) is 0 Å². The van der Waals surface area contributed by atoms with Crippen molar-refractivity contribution in [2.75, 3.05) is 0 Å². The van der Waals surface area contributed by atoms with Gasteiger partial charge < -0.3 is 0 Å². The second-order valence-corrected chi connectivity index (χ2v) is 6.46. The topological polar surface area (TPSA) is 0 Å². The number of rotatable bonds is 13.